The number of aromatic amines is 1. The van der Waals surface area contributed by atoms with E-state index in [0.29, 0.717) is 17.1 Å². The molecule has 2 aliphatic rings. The van der Waals surface area contributed by atoms with Gasteiger partial charge in [-0.25, -0.2) is 0 Å². The summed E-state index contributed by atoms with van der Waals surface area (Å²) in [6, 6.07) is 5.05. The summed E-state index contributed by atoms with van der Waals surface area (Å²) in [5.41, 5.74) is -0.0847. The first-order chi connectivity index (χ1) is 11.9. The van der Waals surface area contributed by atoms with Gasteiger partial charge >= 0.3 is 0 Å². The van der Waals surface area contributed by atoms with Crippen LogP contribution in [0, 0.1) is 4.77 Å². The van der Waals surface area contributed by atoms with Crippen molar-refractivity contribution < 1.29 is 20.1 Å². The summed E-state index contributed by atoms with van der Waals surface area (Å²) in [6.45, 7) is 1.85. The molecule has 0 spiro atoms. The number of phenols is 1. The molecule has 2 heterocycles. The van der Waals surface area contributed by atoms with Crippen molar-refractivity contribution in [3.8, 4) is 17.2 Å². The normalized spacial score (nSPS) is 21.9. The number of nitrogens with zero attached hydrogens (tertiary/aromatic N) is 2. The molecule has 0 saturated heterocycles. The van der Waals surface area contributed by atoms with Crippen molar-refractivity contribution >= 4 is 12.2 Å². The molecule has 0 fully saturated rings. The van der Waals surface area contributed by atoms with Gasteiger partial charge in [-0.1, -0.05) is 12.1 Å². The smallest absolute Gasteiger partial charge is 0.200 e. The van der Waals surface area contributed by atoms with Crippen molar-refractivity contribution in [3.63, 3.8) is 0 Å². The van der Waals surface area contributed by atoms with E-state index in [4.69, 9.17) is 17.0 Å². The number of fused-ring (bicyclic) bond motifs is 6. The molecule has 1 aromatic heterocycles. The first kappa shape index (κ1) is 15.5. The van der Waals surface area contributed by atoms with Gasteiger partial charge in [0.15, 0.2) is 22.1 Å². The minimum Gasteiger partial charge on any atom is -0.511 e. The Hall–Kier alpha value is -3.00. The molecule has 25 heavy (non-hydrogen) atoms. The number of allylic oxidation sites excluding steroid dienone is 2. The molecule has 4 N–H and O–H groups in total. The number of benzene rings is 1. The lowest BCUT2D eigenvalue weighted by Crippen LogP contribution is -2.28. The van der Waals surface area contributed by atoms with E-state index in [0.717, 1.165) is 0 Å². The second-order valence-corrected chi connectivity index (χ2v) is 6.51. The van der Waals surface area contributed by atoms with Crippen LogP contribution in [0.5, 0.6) is 11.5 Å². The van der Waals surface area contributed by atoms with E-state index in [1.807, 2.05) is 0 Å². The summed E-state index contributed by atoms with van der Waals surface area (Å²) < 4.78 is 7.50. The Labute approximate surface area is 147 Å². The molecule has 1 atom stereocenters. The summed E-state index contributed by atoms with van der Waals surface area (Å²) >= 11 is 5.33. The number of aliphatic hydroxyl groups is 2. The largest absolute Gasteiger partial charge is 0.511 e. The van der Waals surface area contributed by atoms with Crippen LogP contribution in [0.3, 0.4) is 0 Å². The minimum absolute atomic E-state index is 0.0826. The highest BCUT2D eigenvalue weighted by molar-refractivity contribution is 7.71. The van der Waals surface area contributed by atoms with E-state index >= 15 is 0 Å². The van der Waals surface area contributed by atoms with Gasteiger partial charge in [-0.15, -0.1) is 0 Å². The molecule has 1 aliphatic heterocycles. The second-order valence-electron chi connectivity index (χ2n) is 6.12. The van der Waals surface area contributed by atoms with E-state index in [1.54, 1.807) is 35.8 Å². The highest BCUT2D eigenvalue weighted by Crippen LogP contribution is 2.40. The monoisotopic (exact) mass is 357 g/mol. The maximum Gasteiger partial charge on any atom is 0.200 e. The second kappa shape index (κ2) is 5.25. The van der Waals surface area contributed by atoms with Crippen LogP contribution >= 0.6 is 12.2 Å². The maximum absolute atomic E-state index is 10.6. The van der Waals surface area contributed by atoms with Gasteiger partial charge in [-0.3, -0.25) is 9.67 Å². The van der Waals surface area contributed by atoms with Gasteiger partial charge in [0.25, 0.3) is 0 Å². The molecule has 0 saturated carbocycles. The van der Waals surface area contributed by atoms with Gasteiger partial charge in [-0.05, 0) is 42.9 Å². The first-order valence-corrected chi connectivity index (χ1v) is 7.97. The van der Waals surface area contributed by atoms with Crippen LogP contribution in [0.15, 0.2) is 53.5 Å². The Kier molecular flexibility index (Phi) is 3.26. The lowest BCUT2D eigenvalue weighted by molar-refractivity contribution is 0.314. The molecule has 8 heteroatoms. The van der Waals surface area contributed by atoms with Crippen LogP contribution in [0.1, 0.15) is 12.7 Å². The van der Waals surface area contributed by atoms with Crippen LogP contribution < -0.4 is 4.74 Å². The molecule has 0 radical (unpaired) electrons. The Morgan fingerprint density at radius 3 is 2.88 bits per heavy atom. The van der Waals surface area contributed by atoms with Gasteiger partial charge < -0.3 is 20.1 Å². The van der Waals surface area contributed by atoms with Crippen molar-refractivity contribution in [3.05, 3.63) is 64.1 Å². The van der Waals surface area contributed by atoms with Gasteiger partial charge in [0, 0.05) is 6.08 Å². The summed E-state index contributed by atoms with van der Waals surface area (Å²) in [5, 5.41) is 38.2. The number of H-pyrrole nitrogens is 1. The summed E-state index contributed by atoms with van der Waals surface area (Å²) in [7, 11) is 0. The fraction of sp³-hybridized carbons (Fsp3) is 0.176. The van der Waals surface area contributed by atoms with E-state index in [-0.39, 0.29) is 34.4 Å². The average molecular weight is 357 g/mol. The van der Waals surface area contributed by atoms with E-state index < -0.39 is 5.41 Å². The molecule has 1 aromatic carbocycles. The minimum atomic E-state index is -1.09. The summed E-state index contributed by atoms with van der Waals surface area (Å²) in [4.78, 5) is 0. The molecule has 2 aromatic rings. The SMILES string of the molecule is CC12C=C(C=C(O)C=C1O)COc1cccc(c1O)-n1c2n[nH]c1=S. The number of aromatic nitrogens is 3. The van der Waals surface area contributed by atoms with Crippen molar-refractivity contribution in [1.29, 1.82) is 0 Å². The van der Waals surface area contributed by atoms with E-state index in [1.165, 1.54) is 12.2 Å². The van der Waals surface area contributed by atoms with Crippen LogP contribution in [-0.2, 0) is 5.41 Å². The maximum atomic E-state index is 10.6. The van der Waals surface area contributed by atoms with E-state index in [9.17, 15) is 15.3 Å². The average Bonchev–Trinajstić information content (AvgIpc) is 2.89. The molecule has 4 bridgehead atoms. The lowest BCUT2D eigenvalue weighted by Gasteiger charge is -2.27. The fourth-order valence-electron chi connectivity index (χ4n) is 3.11. The van der Waals surface area contributed by atoms with Gasteiger partial charge in [-0.2, -0.15) is 5.10 Å². The number of phenolic OH excluding ortho intramolecular Hbond substituents is 1. The number of nitrogens with one attached hydrogen (secondary N) is 1. The number of para-hydroxylation sites is 1. The standard InChI is InChI=1S/C17H15N3O4S/c1-17-7-9(5-10(21)6-13(17)22)8-24-12-4-2-3-11(14(12)23)20-15(17)18-19-16(20)25/h2-7,21-23H,8H2,1H3,(H,19,25). The van der Waals surface area contributed by atoms with E-state index in [2.05, 4.69) is 10.2 Å². The molecule has 4 rings (SSSR count). The number of hydrogen-bond donors (Lipinski definition) is 4. The zero-order valence-corrected chi connectivity index (χ0v) is 14.0. The summed E-state index contributed by atoms with van der Waals surface area (Å²) in [5.74, 6) is 0.363. The number of aromatic hydroxyl groups is 1. The molecular weight excluding hydrogens is 342 g/mol. The lowest BCUT2D eigenvalue weighted by atomic mass is 9.85. The highest BCUT2D eigenvalue weighted by Gasteiger charge is 2.38. The zero-order valence-electron chi connectivity index (χ0n) is 13.2. The molecule has 1 unspecified atom stereocenters. The quantitative estimate of drug-likeness (QED) is 0.540. The van der Waals surface area contributed by atoms with Gasteiger partial charge in [0.05, 0.1) is 5.69 Å². The van der Waals surface area contributed by atoms with Crippen molar-refractivity contribution in [2.24, 2.45) is 0 Å². The molecule has 1 aliphatic carbocycles. The fourth-order valence-corrected chi connectivity index (χ4v) is 3.34. The molecular formula is C17H15N3O4S. The Balaban J connectivity index is 2.11. The zero-order chi connectivity index (χ0) is 17.8. The number of ether oxygens (including phenoxy) is 1. The third-order valence-electron chi connectivity index (χ3n) is 4.37. The van der Waals surface area contributed by atoms with Crippen LogP contribution in [0.2, 0.25) is 0 Å². The van der Waals surface area contributed by atoms with Gasteiger partial charge in [0.1, 0.15) is 23.5 Å². The topological polar surface area (TPSA) is 104 Å². The van der Waals surface area contributed by atoms with Crippen molar-refractivity contribution in [2.45, 2.75) is 12.3 Å². The van der Waals surface area contributed by atoms with Crippen LogP contribution in [0.25, 0.3) is 5.69 Å². The molecule has 7 nitrogen and oxygen atoms in total. The number of aliphatic hydroxyl groups excluding tert-OH is 2. The molecule has 0 amide bonds. The van der Waals surface area contributed by atoms with Crippen LogP contribution in [0.4, 0.5) is 0 Å². The van der Waals surface area contributed by atoms with Crippen molar-refractivity contribution in [1.82, 2.24) is 14.8 Å². The third-order valence-corrected chi connectivity index (χ3v) is 4.65. The third kappa shape index (κ3) is 2.25. The predicted molar refractivity (Wildman–Crippen MR) is 92.8 cm³/mol. The van der Waals surface area contributed by atoms with Crippen molar-refractivity contribution in [2.75, 3.05) is 6.61 Å². The summed E-state index contributed by atoms with van der Waals surface area (Å²) in [6.07, 6.45) is 4.51. The predicted octanol–water partition coefficient (Wildman–Crippen LogP) is 3.11. The Morgan fingerprint density at radius 2 is 2.08 bits per heavy atom. The van der Waals surface area contributed by atoms with Crippen LogP contribution in [-0.4, -0.2) is 36.7 Å². The highest BCUT2D eigenvalue weighted by atomic mass is 32.1. The molecule has 128 valence electrons. The number of hydrogen-bond acceptors (Lipinski definition) is 6. The Morgan fingerprint density at radius 1 is 1.28 bits per heavy atom. The first-order valence-electron chi connectivity index (χ1n) is 7.57. The number of rotatable bonds is 0. The van der Waals surface area contributed by atoms with Gasteiger partial charge in [0.2, 0.25) is 0 Å². The Bertz CT molecular complexity index is 1030.